The van der Waals surface area contributed by atoms with Crippen LogP contribution in [-0.4, -0.2) is 9.91 Å². The molecule has 0 amide bonds. The van der Waals surface area contributed by atoms with Crippen LogP contribution in [-0.2, 0) is 0 Å². The predicted octanol–water partition coefficient (Wildman–Crippen LogP) is 2.11. The molecule has 0 aliphatic carbocycles. The number of nitro groups is 1. The third-order valence-electron chi connectivity index (χ3n) is 2.04. The van der Waals surface area contributed by atoms with Gasteiger partial charge in [-0.25, -0.2) is 9.37 Å². The Morgan fingerprint density at radius 1 is 1.41 bits per heavy atom. The second-order valence-corrected chi connectivity index (χ2v) is 3.08. The second-order valence-electron chi connectivity index (χ2n) is 3.08. The molecule has 0 fully saturated rings. The number of halogens is 2. The molecule has 88 valence electrons. The lowest BCUT2D eigenvalue weighted by molar-refractivity contribution is -0.387. The zero-order valence-corrected chi connectivity index (χ0v) is 8.18. The van der Waals surface area contributed by atoms with Gasteiger partial charge in [0.2, 0.25) is 5.82 Å². The average Bonchev–Trinajstić information content (AvgIpc) is 2.64. The normalized spacial score (nSPS) is 10.5. The number of rotatable bonds is 2. The minimum atomic E-state index is -1.33. The number of benzene rings is 1. The Morgan fingerprint density at radius 3 is 2.65 bits per heavy atom. The lowest BCUT2D eigenvalue weighted by atomic mass is 10.1. The van der Waals surface area contributed by atoms with E-state index in [1.54, 1.807) is 0 Å². The van der Waals surface area contributed by atoms with E-state index < -0.39 is 27.8 Å². The van der Waals surface area contributed by atoms with Gasteiger partial charge >= 0.3 is 5.69 Å². The number of nitrogens with two attached hydrogens (primary N) is 1. The summed E-state index contributed by atoms with van der Waals surface area (Å²) in [7, 11) is 0. The molecule has 17 heavy (non-hydrogen) atoms. The lowest BCUT2D eigenvalue weighted by Gasteiger charge is -2.01. The van der Waals surface area contributed by atoms with E-state index in [2.05, 4.69) is 4.98 Å². The van der Waals surface area contributed by atoms with E-state index in [0.717, 1.165) is 18.3 Å². The first-order valence-electron chi connectivity index (χ1n) is 4.34. The summed E-state index contributed by atoms with van der Waals surface area (Å²) in [6.07, 6.45) is 0.987. The van der Waals surface area contributed by atoms with Gasteiger partial charge in [-0.2, -0.15) is 4.39 Å². The molecule has 0 aliphatic rings. The van der Waals surface area contributed by atoms with E-state index in [0.29, 0.717) is 0 Å². The van der Waals surface area contributed by atoms with Crippen LogP contribution in [0.4, 0.5) is 20.5 Å². The molecule has 0 unspecified atom stereocenters. The molecule has 0 aliphatic heterocycles. The van der Waals surface area contributed by atoms with Crippen LogP contribution in [0, 0.1) is 21.7 Å². The van der Waals surface area contributed by atoms with Crippen LogP contribution < -0.4 is 5.73 Å². The Kier molecular flexibility index (Phi) is 2.47. The van der Waals surface area contributed by atoms with Crippen LogP contribution in [0.3, 0.4) is 0 Å². The smallest absolute Gasteiger partial charge is 0.305 e. The van der Waals surface area contributed by atoms with Gasteiger partial charge in [-0.1, -0.05) is 0 Å². The van der Waals surface area contributed by atoms with Gasteiger partial charge < -0.3 is 10.2 Å². The summed E-state index contributed by atoms with van der Waals surface area (Å²) >= 11 is 0. The highest BCUT2D eigenvalue weighted by atomic mass is 19.1. The van der Waals surface area contributed by atoms with Gasteiger partial charge in [0, 0.05) is 6.07 Å². The quantitative estimate of drug-likeness (QED) is 0.641. The van der Waals surface area contributed by atoms with Crippen LogP contribution >= 0.6 is 0 Å². The molecule has 0 saturated heterocycles. The fourth-order valence-corrected chi connectivity index (χ4v) is 1.31. The maximum absolute atomic E-state index is 13.7. The fraction of sp³-hybridized carbons (Fsp3) is 0. The van der Waals surface area contributed by atoms with Gasteiger partial charge in [-0.15, -0.1) is 0 Å². The molecule has 2 aromatic rings. The summed E-state index contributed by atoms with van der Waals surface area (Å²) in [6, 6.07) is 1.22. The maximum Gasteiger partial charge on any atom is 0.305 e. The fourth-order valence-electron chi connectivity index (χ4n) is 1.31. The van der Waals surface area contributed by atoms with Crippen molar-refractivity contribution in [2.24, 2.45) is 0 Å². The molecule has 2 rings (SSSR count). The van der Waals surface area contributed by atoms with Crippen LogP contribution in [0.25, 0.3) is 11.3 Å². The maximum atomic E-state index is 13.7. The van der Waals surface area contributed by atoms with Gasteiger partial charge in [-0.05, 0) is 6.07 Å². The molecular weight excluding hydrogens is 236 g/mol. The molecule has 0 atom stereocenters. The van der Waals surface area contributed by atoms with E-state index in [4.69, 9.17) is 10.2 Å². The summed E-state index contributed by atoms with van der Waals surface area (Å²) in [6.45, 7) is 0. The van der Waals surface area contributed by atoms with Crippen molar-refractivity contribution < 1.29 is 18.1 Å². The Hall–Kier alpha value is -2.51. The third-order valence-corrected chi connectivity index (χ3v) is 2.04. The van der Waals surface area contributed by atoms with Crippen LogP contribution in [0.5, 0.6) is 0 Å². The van der Waals surface area contributed by atoms with E-state index in [1.807, 2.05) is 0 Å². The van der Waals surface area contributed by atoms with Crippen molar-refractivity contribution in [3.05, 3.63) is 40.1 Å². The largest absolute Gasteiger partial charge is 0.424 e. The van der Waals surface area contributed by atoms with E-state index >= 15 is 0 Å². The molecule has 6 nitrogen and oxygen atoms in total. The number of oxazole rings is 1. The summed E-state index contributed by atoms with van der Waals surface area (Å²) in [5.74, 6) is -2.63. The highest BCUT2D eigenvalue weighted by Gasteiger charge is 2.24. The number of anilines is 1. The number of hydrogen-bond acceptors (Lipinski definition) is 5. The van der Waals surface area contributed by atoms with Crippen LogP contribution in [0.1, 0.15) is 0 Å². The average molecular weight is 241 g/mol. The number of nitrogens with zero attached hydrogens (tertiary/aromatic N) is 2. The van der Waals surface area contributed by atoms with Crippen molar-refractivity contribution in [2.75, 3.05) is 5.73 Å². The van der Waals surface area contributed by atoms with Gasteiger partial charge in [0.15, 0.2) is 5.76 Å². The first-order chi connectivity index (χ1) is 8.00. The Balaban J connectivity index is 2.68. The first kappa shape index (κ1) is 11.0. The topological polar surface area (TPSA) is 95.2 Å². The zero-order chi connectivity index (χ0) is 12.6. The minimum absolute atomic E-state index is 0.287. The van der Waals surface area contributed by atoms with Gasteiger partial charge in [-0.3, -0.25) is 10.1 Å². The Labute approximate surface area is 92.8 Å². The highest BCUT2D eigenvalue weighted by Crippen LogP contribution is 2.32. The lowest BCUT2D eigenvalue weighted by Crippen LogP contribution is -1.97. The molecule has 8 heteroatoms. The number of aromatic nitrogens is 1. The third kappa shape index (κ3) is 1.80. The molecular formula is C9H5F2N3O3. The summed E-state index contributed by atoms with van der Waals surface area (Å²) in [4.78, 5) is 13.0. The molecule has 0 bridgehead atoms. The second kappa shape index (κ2) is 3.81. The molecule has 1 aromatic carbocycles. The molecule has 1 heterocycles. The number of nitro benzene ring substituents is 1. The Morgan fingerprint density at radius 2 is 2.12 bits per heavy atom. The summed E-state index contributed by atoms with van der Waals surface area (Å²) in [5.41, 5.74) is 3.64. The van der Waals surface area contributed by atoms with Crippen LogP contribution in [0.15, 0.2) is 22.7 Å². The molecule has 0 spiro atoms. The van der Waals surface area contributed by atoms with Gasteiger partial charge in [0.1, 0.15) is 5.82 Å². The van der Waals surface area contributed by atoms with Gasteiger partial charge in [0.25, 0.3) is 6.01 Å². The zero-order valence-electron chi connectivity index (χ0n) is 8.18. The standard InChI is InChI=1S/C9H5F2N3O3/c10-4-1-2-5(14(15)16)8(11)7(4)6-3-13-9(12)17-6/h1-3H,(H2,12,13). The molecule has 0 saturated carbocycles. The molecule has 0 radical (unpaired) electrons. The monoisotopic (exact) mass is 241 g/mol. The van der Waals surface area contributed by atoms with E-state index in [9.17, 15) is 18.9 Å². The molecule has 1 aromatic heterocycles. The predicted molar refractivity (Wildman–Crippen MR) is 52.9 cm³/mol. The minimum Gasteiger partial charge on any atom is -0.424 e. The van der Waals surface area contributed by atoms with Crippen molar-refractivity contribution in [3.63, 3.8) is 0 Å². The van der Waals surface area contributed by atoms with Gasteiger partial charge in [0.05, 0.1) is 16.7 Å². The molecule has 2 N–H and O–H groups in total. The van der Waals surface area contributed by atoms with Crippen LogP contribution in [0.2, 0.25) is 0 Å². The van der Waals surface area contributed by atoms with Crippen molar-refractivity contribution in [1.29, 1.82) is 0 Å². The van der Waals surface area contributed by atoms with Crippen molar-refractivity contribution in [3.8, 4) is 11.3 Å². The summed E-state index contributed by atoms with van der Waals surface area (Å²) in [5, 5.41) is 10.5. The van der Waals surface area contributed by atoms with E-state index in [1.165, 1.54) is 0 Å². The Bertz CT molecular complexity index is 597. The van der Waals surface area contributed by atoms with E-state index in [-0.39, 0.29) is 11.8 Å². The summed E-state index contributed by atoms with van der Waals surface area (Å²) < 4.78 is 31.8. The number of hydrogen-bond donors (Lipinski definition) is 1. The highest BCUT2D eigenvalue weighted by molar-refractivity contribution is 5.63. The van der Waals surface area contributed by atoms with Crippen molar-refractivity contribution in [2.45, 2.75) is 0 Å². The first-order valence-corrected chi connectivity index (χ1v) is 4.34. The number of nitrogen functional groups attached to an aromatic ring is 1. The van der Waals surface area contributed by atoms with Crippen molar-refractivity contribution >= 4 is 11.7 Å². The van der Waals surface area contributed by atoms with Crippen molar-refractivity contribution in [1.82, 2.24) is 4.98 Å². The SMILES string of the molecule is Nc1ncc(-c2c(F)ccc([N+](=O)[O-])c2F)o1.